The normalized spacial score (nSPS) is 11.7. The summed E-state index contributed by atoms with van der Waals surface area (Å²) in [7, 11) is -3.86. The van der Waals surface area contributed by atoms with Gasteiger partial charge in [0.2, 0.25) is 0 Å². The number of nitrogens with one attached hydrogen (secondary N) is 1. The Morgan fingerprint density at radius 1 is 0.875 bits per heavy atom. The molecular weight excluding hydrogens is 490 g/mol. The Balaban J connectivity index is 1.67. The van der Waals surface area contributed by atoms with E-state index in [1.54, 1.807) is 25.5 Å². The van der Waals surface area contributed by atoms with Crippen molar-refractivity contribution < 1.29 is 8.42 Å². The Hall–Kier alpha value is -2.91. The summed E-state index contributed by atoms with van der Waals surface area (Å²) < 4.78 is 34.0. The molecule has 0 fully saturated rings. The van der Waals surface area contributed by atoms with Gasteiger partial charge in [0.1, 0.15) is 4.90 Å². The second kappa shape index (κ2) is 8.55. The van der Waals surface area contributed by atoms with Gasteiger partial charge < -0.3 is 0 Å². The Morgan fingerprint density at radius 2 is 1.53 bits per heavy atom. The summed E-state index contributed by atoms with van der Waals surface area (Å²) in [6.07, 6.45) is 0. The second-order valence-corrected chi connectivity index (χ2v) is 10.2. The zero-order valence-electron chi connectivity index (χ0n) is 18.3. The number of halogens is 1. The molecule has 0 aliphatic heterocycles. The lowest BCUT2D eigenvalue weighted by molar-refractivity contribution is 0.600. The van der Waals surface area contributed by atoms with E-state index in [0.717, 1.165) is 21.4 Å². The first-order valence-electron chi connectivity index (χ1n) is 10.1. The average Bonchev–Trinajstić information content (AvgIpc) is 3.20. The second-order valence-electron chi connectivity index (χ2n) is 7.68. The van der Waals surface area contributed by atoms with Crippen molar-refractivity contribution in [3.63, 3.8) is 0 Å². The Bertz CT molecular complexity index is 1370. The van der Waals surface area contributed by atoms with Gasteiger partial charge in [-0.1, -0.05) is 46.3 Å². The number of hydrogen-bond donors (Lipinski definition) is 1. The first-order chi connectivity index (χ1) is 15.2. The third-order valence-corrected chi connectivity index (χ3v) is 7.49. The highest BCUT2D eigenvalue weighted by atomic mass is 79.9. The van der Waals surface area contributed by atoms with Crippen LogP contribution >= 0.6 is 15.9 Å². The first kappa shape index (κ1) is 22.3. The van der Waals surface area contributed by atoms with E-state index in [0.29, 0.717) is 29.3 Å². The van der Waals surface area contributed by atoms with E-state index in [1.165, 1.54) is 0 Å². The molecule has 0 unspecified atom stereocenters. The summed E-state index contributed by atoms with van der Waals surface area (Å²) in [5.41, 5.74) is 4.74. The fourth-order valence-corrected chi connectivity index (χ4v) is 5.62. The number of para-hydroxylation sites is 1. The van der Waals surface area contributed by atoms with E-state index < -0.39 is 10.0 Å². The minimum atomic E-state index is -3.86. The number of anilines is 1. The zero-order chi connectivity index (χ0) is 23.0. The van der Waals surface area contributed by atoms with E-state index in [4.69, 9.17) is 0 Å². The maximum atomic E-state index is 13.4. The van der Waals surface area contributed by atoms with Gasteiger partial charge >= 0.3 is 0 Å². The SMILES string of the molecule is Cc1nn(Cc2ccc(Br)cc2)c(C)c1NS(=O)(=O)c1c(C)nn(-c2ccccc2)c1C. The number of aromatic nitrogens is 4. The Morgan fingerprint density at radius 3 is 2.19 bits per heavy atom. The van der Waals surface area contributed by atoms with Gasteiger partial charge in [-0.25, -0.2) is 13.1 Å². The summed E-state index contributed by atoms with van der Waals surface area (Å²) in [6, 6.07) is 17.4. The maximum absolute atomic E-state index is 13.4. The molecular formula is C23H24BrN5O2S. The highest BCUT2D eigenvalue weighted by Crippen LogP contribution is 2.28. The van der Waals surface area contributed by atoms with Gasteiger partial charge in [-0.2, -0.15) is 10.2 Å². The van der Waals surface area contributed by atoms with Crippen LogP contribution in [-0.4, -0.2) is 28.0 Å². The minimum Gasteiger partial charge on any atom is -0.276 e. The molecule has 0 atom stereocenters. The fraction of sp³-hybridized carbons (Fsp3) is 0.217. The quantitative estimate of drug-likeness (QED) is 0.396. The van der Waals surface area contributed by atoms with E-state index in [9.17, 15) is 8.42 Å². The van der Waals surface area contributed by atoms with Gasteiger partial charge in [-0.05, 0) is 57.5 Å². The van der Waals surface area contributed by atoms with Crippen LogP contribution in [0, 0.1) is 27.7 Å². The van der Waals surface area contributed by atoms with Crippen molar-refractivity contribution in [3.8, 4) is 5.69 Å². The van der Waals surface area contributed by atoms with Crippen LogP contribution in [0.5, 0.6) is 0 Å². The number of sulfonamides is 1. The third-order valence-electron chi connectivity index (χ3n) is 5.36. The van der Waals surface area contributed by atoms with Crippen molar-refractivity contribution >= 4 is 31.6 Å². The van der Waals surface area contributed by atoms with Gasteiger partial charge in [0.05, 0.1) is 40.7 Å². The van der Waals surface area contributed by atoms with Gasteiger partial charge in [0, 0.05) is 4.47 Å². The van der Waals surface area contributed by atoms with Crippen molar-refractivity contribution in [3.05, 3.63) is 87.4 Å². The molecule has 0 saturated heterocycles. The zero-order valence-corrected chi connectivity index (χ0v) is 20.7. The summed E-state index contributed by atoms with van der Waals surface area (Å²) >= 11 is 3.44. The van der Waals surface area contributed by atoms with Gasteiger partial charge in [0.25, 0.3) is 10.0 Å². The highest BCUT2D eigenvalue weighted by Gasteiger charge is 2.27. The molecule has 4 aromatic rings. The predicted molar refractivity (Wildman–Crippen MR) is 129 cm³/mol. The summed E-state index contributed by atoms with van der Waals surface area (Å²) in [4.78, 5) is 0.181. The largest absolute Gasteiger partial charge is 0.276 e. The molecule has 0 spiro atoms. The molecule has 166 valence electrons. The van der Waals surface area contributed by atoms with E-state index >= 15 is 0 Å². The van der Waals surface area contributed by atoms with Crippen LogP contribution in [-0.2, 0) is 16.6 Å². The van der Waals surface area contributed by atoms with Crippen LogP contribution in [0.2, 0.25) is 0 Å². The molecule has 7 nitrogen and oxygen atoms in total. The average molecular weight is 514 g/mol. The lowest BCUT2D eigenvalue weighted by Crippen LogP contribution is -2.16. The maximum Gasteiger partial charge on any atom is 0.265 e. The Kier molecular flexibility index (Phi) is 5.96. The summed E-state index contributed by atoms with van der Waals surface area (Å²) in [5.74, 6) is 0. The fourth-order valence-electron chi connectivity index (χ4n) is 3.78. The lowest BCUT2D eigenvalue weighted by atomic mass is 10.2. The molecule has 2 aromatic carbocycles. The molecule has 0 bridgehead atoms. The Labute approximate surface area is 196 Å². The standard InChI is InChI=1S/C23H24BrN5O2S/c1-15-22(17(3)28(25-15)14-19-10-12-20(24)13-11-19)27-32(30,31)23-16(2)26-29(18(23)4)21-8-6-5-7-9-21/h5-13,27H,14H2,1-4H3. The number of aryl methyl sites for hydroxylation is 2. The molecule has 0 amide bonds. The number of rotatable bonds is 6. The number of hydrogen-bond acceptors (Lipinski definition) is 4. The van der Waals surface area contributed by atoms with Crippen LogP contribution in [0.25, 0.3) is 5.69 Å². The van der Waals surface area contributed by atoms with Crippen LogP contribution < -0.4 is 4.72 Å². The minimum absolute atomic E-state index is 0.181. The summed E-state index contributed by atoms with van der Waals surface area (Å²) in [6.45, 7) is 7.68. The summed E-state index contributed by atoms with van der Waals surface area (Å²) in [5, 5.41) is 9.03. The van der Waals surface area contributed by atoms with Crippen molar-refractivity contribution in [1.29, 1.82) is 0 Å². The smallest absolute Gasteiger partial charge is 0.265 e. The molecule has 9 heteroatoms. The van der Waals surface area contributed by atoms with E-state index in [1.807, 2.05) is 66.2 Å². The van der Waals surface area contributed by atoms with Gasteiger partial charge in [-0.3, -0.25) is 9.40 Å². The number of nitrogens with zero attached hydrogens (tertiary/aromatic N) is 4. The highest BCUT2D eigenvalue weighted by molar-refractivity contribution is 9.10. The molecule has 2 aromatic heterocycles. The lowest BCUT2D eigenvalue weighted by Gasteiger charge is -2.10. The van der Waals surface area contributed by atoms with E-state index in [2.05, 4.69) is 30.8 Å². The molecule has 0 aliphatic carbocycles. The van der Waals surface area contributed by atoms with Gasteiger partial charge in [-0.15, -0.1) is 0 Å². The molecule has 4 rings (SSSR count). The molecule has 1 N–H and O–H groups in total. The van der Waals surface area contributed by atoms with Crippen molar-refractivity contribution in [2.75, 3.05) is 4.72 Å². The first-order valence-corrected chi connectivity index (χ1v) is 12.4. The predicted octanol–water partition coefficient (Wildman–Crippen LogP) is 4.91. The molecule has 0 aliphatic rings. The number of benzene rings is 2. The van der Waals surface area contributed by atoms with Crippen molar-refractivity contribution in [2.45, 2.75) is 39.1 Å². The van der Waals surface area contributed by atoms with E-state index in [-0.39, 0.29) is 4.90 Å². The topological polar surface area (TPSA) is 81.8 Å². The monoisotopic (exact) mass is 513 g/mol. The van der Waals surface area contributed by atoms with Crippen molar-refractivity contribution in [2.24, 2.45) is 0 Å². The van der Waals surface area contributed by atoms with Crippen LogP contribution in [0.3, 0.4) is 0 Å². The molecule has 0 radical (unpaired) electrons. The van der Waals surface area contributed by atoms with Crippen LogP contribution in [0.4, 0.5) is 5.69 Å². The van der Waals surface area contributed by atoms with Crippen LogP contribution in [0.1, 0.15) is 28.3 Å². The third kappa shape index (κ3) is 4.22. The molecule has 0 saturated carbocycles. The van der Waals surface area contributed by atoms with Gasteiger partial charge in [0.15, 0.2) is 0 Å². The van der Waals surface area contributed by atoms with Crippen molar-refractivity contribution in [1.82, 2.24) is 19.6 Å². The molecule has 32 heavy (non-hydrogen) atoms. The molecule has 2 heterocycles. The van der Waals surface area contributed by atoms with Crippen LogP contribution in [0.15, 0.2) is 64.0 Å².